The van der Waals surface area contributed by atoms with Crippen LogP contribution in [-0.4, -0.2) is 57.0 Å². The molecule has 1 aliphatic carbocycles. The SMILES string of the molecule is COC(=O)C1C(=O)C=C(Nc2ccccc2N2CCN(C)CC2)CC1C. The predicted molar refractivity (Wildman–Crippen MR) is 102 cm³/mol. The minimum Gasteiger partial charge on any atom is -0.468 e. The molecule has 0 saturated carbocycles. The van der Waals surface area contributed by atoms with Crippen molar-refractivity contribution in [1.82, 2.24) is 4.90 Å². The van der Waals surface area contributed by atoms with Gasteiger partial charge >= 0.3 is 5.97 Å². The van der Waals surface area contributed by atoms with Crippen LogP contribution in [0.25, 0.3) is 0 Å². The number of piperazine rings is 1. The number of carbonyl (C=O) groups is 2. The summed E-state index contributed by atoms with van der Waals surface area (Å²) in [7, 11) is 3.46. The van der Waals surface area contributed by atoms with Crippen LogP contribution in [0.1, 0.15) is 13.3 Å². The third-order valence-electron chi connectivity index (χ3n) is 5.23. The maximum Gasteiger partial charge on any atom is 0.316 e. The van der Waals surface area contributed by atoms with Crippen molar-refractivity contribution in [1.29, 1.82) is 0 Å². The molecule has 3 rings (SSSR count). The number of nitrogens with one attached hydrogen (secondary N) is 1. The van der Waals surface area contributed by atoms with E-state index in [1.807, 2.05) is 25.1 Å². The maximum atomic E-state index is 12.4. The predicted octanol–water partition coefficient (Wildman–Crippen LogP) is 2.13. The van der Waals surface area contributed by atoms with Gasteiger partial charge in [-0.25, -0.2) is 0 Å². The Kier molecular flexibility index (Phi) is 5.61. The molecule has 2 unspecified atom stereocenters. The van der Waals surface area contributed by atoms with E-state index in [1.165, 1.54) is 7.11 Å². The highest BCUT2D eigenvalue weighted by atomic mass is 16.5. The minimum absolute atomic E-state index is 0.0850. The summed E-state index contributed by atoms with van der Waals surface area (Å²) in [6, 6.07) is 8.18. The van der Waals surface area contributed by atoms with E-state index in [9.17, 15) is 9.59 Å². The summed E-state index contributed by atoms with van der Waals surface area (Å²) in [5.74, 6) is -1.41. The molecule has 140 valence electrons. The van der Waals surface area contributed by atoms with Gasteiger partial charge in [0, 0.05) is 38.0 Å². The van der Waals surface area contributed by atoms with Crippen LogP contribution in [0.3, 0.4) is 0 Å². The zero-order chi connectivity index (χ0) is 18.7. The average Bonchev–Trinajstić information content (AvgIpc) is 2.62. The van der Waals surface area contributed by atoms with Crippen LogP contribution in [0.15, 0.2) is 36.0 Å². The van der Waals surface area contributed by atoms with Gasteiger partial charge in [0.2, 0.25) is 0 Å². The largest absolute Gasteiger partial charge is 0.468 e. The van der Waals surface area contributed by atoms with Crippen LogP contribution in [0.2, 0.25) is 0 Å². The van der Waals surface area contributed by atoms with Crippen molar-refractivity contribution >= 4 is 23.1 Å². The number of hydrogen-bond acceptors (Lipinski definition) is 6. The number of para-hydroxylation sites is 2. The molecule has 0 radical (unpaired) electrons. The topological polar surface area (TPSA) is 61.9 Å². The zero-order valence-electron chi connectivity index (χ0n) is 15.7. The summed E-state index contributed by atoms with van der Waals surface area (Å²) in [6.45, 7) is 5.95. The summed E-state index contributed by atoms with van der Waals surface area (Å²) < 4.78 is 4.77. The van der Waals surface area contributed by atoms with Crippen molar-refractivity contribution in [2.75, 3.05) is 50.6 Å². The van der Waals surface area contributed by atoms with E-state index in [4.69, 9.17) is 4.74 Å². The molecule has 0 spiro atoms. The van der Waals surface area contributed by atoms with Gasteiger partial charge in [-0.3, -0.25) is 9.59 Å². The Bertz CT molecular complexity index is 708. The van der Waals surface area contributed by atoms with Crippen molar-refractivity contribution in [2.24, 2.45) is 11.8 Å². The number of benzene rings is 1. The van der Waals surface area contributed by atoms with Gasteiger partial charge < -0.3 is 19.9 Å². The molecule has 26 heavy (non-hydrogen) atoms. The van der Waals surface area contributed by atoms with Crippen LogP contribution < -0.4 is 10.2 Å². The van der Waals surface area contributed by atoms with E-state index in [1.54, 1.807) is 6.08 Å². The Hall–Kier alpha value is -2.34. The molecule has 0 aromatic heterocycles. The summed E-state index contributed by atoms with van der Waals surface area (Å²) in [5.41, 5.74) is 3.00. The minimum atomic E-state index is -0.696. The number of nitrogens with zero attached hydrogens (tertiary/aromatic N) is 2. The average molecular weight is 357 g/mol. The lowest BCUT2D eigenvalue weighted by Crippen LogP contribution is -2.44. The summed E-state index contributed by atoms with van der Waals surface area (Å²) in [5, 5.41) is 3.43. The number of allylic oxidation sites excluding steroid dienone is 2. The molecule has 6 nitrogen and oxygen atoms in total. The highest BCUT2D eigenvalue weighted by Crippen LogP contribution is 2.32. The van der Waals surface area contributed by atoms with E-state index < -0.39 is 11.9 Å². The zero-order valence-corrected chi connectivity index (χ0v) is 15.7. The number of anilines is 2. The van der Waals surface area contributed by atoms with Gasteiger partial charge in [-0.15, -0.1) is 0 Å². The van der Waals surface area contributed by atoms with E-state index in [0.29, 0.717) is 6.42 Å². The number of esters is 1. The lowest BCUT2D eigenvalue weighted by atomic mass is 9.82. The third-order valence-corrected chi connectivity index (χ3v) is 5.23. The molecule has 2 aliphatic rings. The number of hydrogen-bond donors (Lipinski definition) is 1. The second-order valence-electron chi connectivity index (χ2n) is 7.19. The van der Waals surface area contributed by atoms with Crippen molar-refractivity contribution in [3.63, 3.8) is 0 Å². The second-order valence-corrected chi connectivity index (χ2v) is 7.19. The molecule has 1 aliphatic heterocycles. The van der Waals surface area contributed by atoms with E-state index in [2.05, 4.69) is 28.2 Å². The van der Waals surface area contributed by atoms with E-state index in [-0.39, 0.29) is 11.7 Å². The Balaban J connectivity index is 1.77. The molecule has 1 heterocycles. The van der Waals surface area contributed by atoms with Crippen molar-refractivity contribution < 1.29 is 14.3 Å². The summed E-state index contributed by atoms with van der Waals surface area (Å²) in [6.07, 6.45) is 2.20. The van der Waals surface area contributed by atoms with Crippen molar-refractivity contribution in [2.45, 2.75) is 13.3 Å². The summed E-state index contributed by atoms with van der Waals surface area (Å²) >= 11 is 0. The van der Waals surface area contributed by atoms with Gasteiger partial charge in [0.15, 0.2) is 5.78 Å². The van der Waals surface area contributed by atoms with E-state index >= 15 is 0 Å². The third kappa shape index (κ3) is 3.90. The molecular weight excluding hydrogens is 330 g/mol. The fourth-order valence-corrected chi connectivity index (χ4v) is 3.70. The smallest absolute Gasteiger partial charge is 0.316 e. The van der Waals surface area contributed by atoms with E-state index in [0.717, 1.165) is 43.3 Å². The van der Waals surface area contributed by atoms with Crippen molar-refractivity contribution in [3.8, 4) is 0 Å². The molecule has 1 aromatic rings. The molecule has 1 N–H and O–H groups in total. The monoisotopic (exact) mass is 357 g/mol. The number of ketones is 1. The molecule has 0 bridgehead atoms. The quantitative estimate of drug-likeness (QED) is 0.658. The van der Waals surface area contributed by atoms with Gasteiger partial charge in [0.25, 0.3) is 0 Å². The lowest BCUT2D eigenvalue weighted by Gasteiger charge is -2.35. The lowest BCUT2D eigenvalue weighted by molar-refractivity contribution is -0.150. The van der Waals surface area contributed by atoms with Gasteiger partial charge in [-0.2, -0.15) is 0 Å². The number of carbonyl (C=O) groups excluding carboxylic acids is 2. The van der Waals surface area contributed by atoms with Crippen LogP contribution in [0.4, 0.5) is 11.4 Å². The molecule has 1 fully saturated rings. The number of ether oxygens (including phenoxy) is 1. The fraction of sp³-hybridized carbons (Fsp3) is 0.500. The fourth-order valence-electron chi connectivity index (χ4n) is 3.70. The normalized spacial score (nSPS) is 24.2. The van der Waals surface area contributed by atoms with Crippen LogP contribution in [-0.2, 0) is 14.3 Å². The molecule has 1 saturated heterocycles. The maximum absolute atomic E-state index is 12.4. The standard InChI is InChI=1S/C20H27N3O3/c1-14-12-15(13-18(24)19(14)20(25)26-3)21-16-6-4-5-7-17(16)23-10-8-22(2)9-11-23/h4-7,13-14,19,21H,8-12H2,1-3H3. The second kappa shape index (κ2) is 7.91. The van der Waals surface area contributed by atoms with Crippen molar-refractivity contribution in [3.05, 3.63) is 36.0 Å². The van der Waals surface area contributed by atoms with Gasteiger partial charge in [-0.1, -0.05) is 19.1 Å². The Morgan fingerprint density at radius 2 is 1.88 bits per heavy atom. The van der Waals surface area contributed by atoms with Gasteiger partial charge in [0.05, 0.1) is 18.5 Å². The first-order chi connectivity index (χ1) is 12.5. The first-order valence-corrected chi connectivity index (χ1v) is 9.11. The van der Waals surface area contributed by atoms with Crippen LogP contribution in [0.5, 0.6) is 0 Å². The summed E-state index contributed by atoms with van der Waals surface area (Å²) in [4.78, 5) is 28.9. The molecule has 6 heteroatoms. The number of likely N-dealkylation sites (N-methyl/N-ethyl adjacent to an activating group) is 1. The van der Waals surface area contributed by atoms with Gasteiger partial charge in [-0.05, 0) is 31.5 Å². The van der Waals surface area contributed by atoms with Gasteiger partial charge in [0.1, 0.15) is 5.92 Å². The highest BCUT2D eigenvalue weighted by molar-refractivity contribution is 6.06. The highest BCUT2D eigenvalue weighted by Gasteiger charge is 2.36. The molecular formula is C20H27N3O3. The Labute approximate surface area is 154 Å². The molecule has 0 amide bonds. The van der Waals surface area contributed by atoms with Crippen LogP contribution in [0, 0.1) is 11.8 Å². The molecule has 1 aromatic carbocycles. The Morgan fingerprint density at radius 3 is 2.54 bits per heavy atom. The van der Waals surface area contributed by atoms with Crippen LogP contribution >= 0.6 is 0 Å². The first kappa shape index (κ1) is 18.5. The Morgan fingerprint density at radius 1 is 1.19 bits per heavy atom. The number of rotatable bonds is 4. The number of methoxy groups -OCH3 is 1. The first-order valence-electron chi connectivity index (χ1n) is 9.11. The molecule has 2 atom stereocenters.